The normalized spacial score (nSPS) is 19.4. The minimum atomic E-state index is 0.322. The minimum Gasteiger partial charge on any atom is -0.342 e. The van der Waals surface area contributed by atoms with Gasteiger partial charge in [0.1, 0.15) is 0 Å². The van der Waals surface area contributed by atoms with Crippen LogP contribution in [0.15, 0.2) is 30.3 Å². The van der Waals surface area contributed by atoms with Crippen molar-refractivity contribution >= 4 is 21.8 Å². The highest BCUT2D eigenvalue weighted by molar-refractivity contribution is 9.09. The van der Waals surface area contributed by atoms with Crippen molar-refractivity contribution in [3.8, 4) is 0 Å². The fourth-order valence-electron chi connectivity index (χ4n) is 2.74. The Morgan fingerprint density at radius 2 is 2.11 bits per heavy atom. The zero-order chi connectivity index (χ0) is 13.5. The van der Waals surface area contributed by atoms with Gasteiger partial charge in [-0.05, 0) is 37.2 Å². The van der Waals surface area contributed by atoms with Gasteiger partial charge in [0.05, 0.1) is 0 Å². The van der Waals surface area contributed by atoms with Crippen LogP contribution in [0.1, 0.15) is 31.2 Å². The van der Waals surface area contributed by atoms with Gasteiger partial charge in [-0.25, -0.2) is 0 Å². The molecular weight excluding hydrogens is 302 g/mol. The molecule has 0 spiro atoms. The molecule has 0 aliphatic carbocycles. The maximum Gasteiger partial charge on any atom is 0.222 e. The summed E-state index contributed by atoms with van der Waals surface area (Å²) in [5.74, 6) is 1.01. The lowest BCUT2D eigenvalue weighted by molar-refractivity contribution is -0.133. The van der Waals surface area contributed by atoms with Crippen molar-refractivity contribution in [3.05, 3.63) is 35.9 Å². The summed E-state index contributed by atoms with van der Waals surface area (Å²) in [6, 6.07) is 10.3. The Hall–Kier alpha value is -0.830. The Labute approximate surface area is 124 Å². The molecule has 1 fully saturated rings. The Bertz CT molecular complexity index is 391. The summed E-state index contributed by atoms with van der Waals surface area (Å²) in [5.41, 5.74) is 1.25. The molecule has 1 heterocycles. The molecule has 0 N–H and O–H groups in total. The van der Waals surface area contributed by atoms with E-state index < -0.39 is 0 Å². The van der Waals surface area contributed by atoms with Crippen LogP contribution in [-0.4, -0.2) is 29.2 Å². The molecule has 3 heteroatoms. The van der Waals surface area contributed by atoms with Crippen LogP contribution in [0.2, 0.25) is 0 Å². The molecule has 2 nitrogen and oxygen atoms in total. The second kappa shape index (κ2) is 7.68. The van der Waals surface area contributed by atoms with Crippen molar-refractivity contribution in [2.45, 2.75) is 32.1 Å². The van der Waals surface area contributed by atoms with Gasteiger partial charge in [0, 0.05) is 24.8 Å². The number of likely N-dealkylation sites (tertiary alicyclic amines) is 1. The summed E-state index contributed by atoms with van der Waals surface area (Å²) in [7, 11) is 0. The first kappa shape index (κ1) is 14.6. The SMILES string of the molecule is O=C(CCc1ccccc1)N1CCCC(CCBr)C1. The summed E-state index contributed by atoms with van der Waals surface area (Å²) in [6.07, 6.45) is 5.12. The van der Waals surface area contributed by atoms with Crippen molar-refractivity contribution in [2.24, 2.45) is 5.92 Å². The van der Waals surface area contributed by atoms with E-state index in [4.69, 9.17) is 0 Å². The van der Waals surface area contributed by atoms with E-state index in [1.54, 1.807) is 0 Å². The highest BCUT2D eigenvalue weighted by atomic mass is 79.9. The molecule has 0 saturated carbocycles. The van der Waals surface area contributed by atoms with Crippen molar-refractivity contribution in [3.63, 3.8) is 0 Å². The van der Waals surface area contributed by atoms with Crippen molar-refractivity contribution in [1.29, 1.82) is 0 Å². The van der Waals surface area contributed by atoms with Gasteiger partial charge in [0.25, 0.3) is 0 Å². The van der Waals surface area contributed by atoms with E-state index in [9.17, 15) is 4.79 Å². The molecule has 1 aliphatic heterocycles. The minimum absolute atomic E-state index is 0.322. The zero-order valence-corrected chi connectivity index (χ0v) is 12.9. The van der Waals surface area contributed by atoms with Gasteiger partial charge in [0.15, 0.2) is 0 Å². The van der Waals surface area contributed by atoms with Crippen molar-refractivity contribution in [2.75, 3.05) is 18.4 Å². The predicted octanol–water partition coefficient (Wildman–Crippen LogP) is 3.64. The number of hydrogen-bond donors (Lipinski definition) is 0. The standard InChI is InChI=1S/C16H22BrNO/c17-11-10-15-7-4-12-18(13-15)16(19)9-8-14-5-2-1-3-6-14/h1-3,5-6,15H,4,7-13H2. The van der Waals surface area contributed by atoms with Crippen LogP contribution in [0, 0.1) is 5.92 Å². The van der Waals surface area contributed by atoms with E-state index in [-0.39, 0.29) is 0 Å². The maximum absolute atomic E-state index is 12.2. The average Bonchev–Trinajstić information content (AvgIpc) is 2.46. The number of carbonyl (C=O) groups is 1. The lowest BCUT2D eigenvalue weighted by Crippen LogP contribution is -2.40. The highest BCUT2D eigenvalue weighted by Crippen LogP contribution is 2.21. The quantitative estimate of drug-likeness (QED) is 0.757. The number of piperidine rings is 1. The van der Waals surface area contributed by atoms with Crippen molar-refractivity contribution in [1.82, 2.24) is 4.90 Å². The number of rotatable bonds is 5. The number of hydrogen-bond acceptors (Lipinski definition) is 1. The van der Waals surface area contributed by atoms with Gasteiger partial charge in [-0.1, -0.05) is 46.3 Å². The smallest absolute Gasteiger partial charge is 0.222 e. The molecule has 1 atom stereocenters. The fraction of sp³-hybridized carbons (Fsp3) is 0.562. The third kappa shape index (κ3) is 4.64. The van der Waals surface area contributed by atoms with Crippen LogP contribution in [0.3, 0.4) is 0 Å². The predicted molar refractivity (Wildman–Crippen MR) is 82.5 cm³/mol. The number of carbonyl (C=O) groups excluding carboxylic acids is 1. The zero-order valence-electron chi connectivity index (χ0n) is 11.4. The van der Waals surface area contributed by atoms with E-state index in [1.807, 2.05) is 18.2 Å². The summed E-state index contributed by atoms with van der Waals surface area (Å²) in [4.78, 5) is 14.3. The molecule has 2 rings (SSSR count). The lowest BCUT2D eigenvalue weighted by Gasteiger charge is -2.32. The molecule has 104 valence electrons. The summed E-state index contributed by atoms with van der Waals surface area (Å²) < 4.78 is 0. The second-order valence-corrected chi connectivity index (χ2v) is 6.10. The molecule has 1 amide bonds. The van der Waals surface area contributed by atoms with Crippen LogP contribution >= 0.6 is 15.9 Å². The van der Waals surface area contributed by atoms with E-state index in [0.717, 1.165) is 31.3 Å². The molecule has 1 aliphatic rings. The molecule has 1 aromatic rings. The van der Waals surface area contributed by atoms with Gasteiger partial charge < -0.3 is 4.90 Å². The second-order valence-electron chi connectivity index (χ2n) is 5.31. The Morgan fingerprint density at radius 3 is 2.84 bits per heavy atom. The van der Waals surface area contributed by atoms with Gasteiger partial charge in [0.2, 0.25) is 5.91 Å². The number of benzene rings is 1. The highest BCUT2D eigenvalue weighted by Gasteiger charge is 2.22. The Morgan fingerprint density at radius 1 is 1.32 bits per heavy atom. The van der Waals surface area contributed by atoms with Crippen LogP contribution in [0.5, 0.6) is 0 Å². The van der Waals surface area contributed by atoms with Crippen LogP contribution in [-0.2, 0) is 11.2 Å². The number of halogens is 1. The monoisotopic (exact) mass is 323 g/mol. The molecule has 1 aromatic carbocycles. The lowest BCUT2D eigenvalue weighted by atomic mass is 9.95. The average molecular weight is 324 g/mol. The Balaban J connectivity index is 1.79. The fourth-order valence-corrected chi connectivity index (χ4v) is 3.38. The molecule has 0 bridgehead atoms. The maximum atomic E-state index is 12.2. The van der Waals surface area contributed by atoms with Crippen LogP contribution in [0.25, 0.3) is 0 Å². The van der Waals surface area contributed by atoms with Crippen LogP contribution < -0.4 is 0 Å². The molecule has 19 heavy (non-hydrogen) atoms. The molecule has 0 aromatic heterocycles. The molecule has 0 radical (unpaired) electrons. The summed E-state index contributed by atoms with van der Waals surface area (Å²) in [5, 5.41) is 1.05. The third-order valence-electron chi connectivity index (χ3n) is 3.86. The summed E-state index contributed by atoms with van der Waals surface area (Å²) in [6.45, 7) is 1.91. The van der Waals surface area contributed by atoms with E-state index in [2.05, 4.69) is 33.0 Å². The first-order chi connectivity index (χ1) is 9.29. The topological polar surface area (TPSA) is 20.3 Å². The number of alkyl halides is 1. The number of aryl methyl sites for hydroxylation is 1. The number of amides is 1. The molecular formula is C16H22BrNO. The van der Waals surface area contributed by atoms with Gasteiger partial charge in [-0.3, -0.25) is 4.79 Å². The molecule has 1 saturated heterocycles. The van der Waals surface area contributed by atoms with Crippen molar-refractivity contribution < 1.29 is 4.79 Å². The van der Waals surface area contributed by atoms with Gasteiger partial charge >= 0.3 is 0 Å². The largest absolute Gasteiger partial charge is 0.342 e. The van der Waals surface area contributed by atoms with Gasteiger partial charge in [-0.15, -0.1) is 0 Å². The summed E-state index contributed by atoms with van der Waals surface area (Å²) >= 11 is 3.50. The van der Waals surface area contributed by atoms with E-state index in [1.165, 1.54) is 18.4 Å². The molecule has 1 unspecified atom stereocenters. The van der Waals surface area contributed by atoms with E-state index >= 15 is 0 Å². The first-order valence-electron chi connectivity index (χ1n) is 7.17. The van der Waals surface area contributed by atoms with Gasteiger partial charge in [-0.2, -0.15) is 0 Å². The first-order valence-corrected chi connectivity index (χ1v) is 8.29. The van der Waals surface area contributed by atoms with Crippen LogP contribution in [0.4, 0.5) is 0 Å². The third-order valence-corrected chi connectivity index (χ3v) is 4.32. The van der Waals surface area contributed by atoms with E-state index in [0.29, 0.717) is 18.2 Å². The number of nitrogens with zero attached hydrogens (tertiary/aromatic N) is 1. The Kier molecular flexibility index (Phi) is 5.90.